The monoisotopic (exact) mass is 261 g/mol. The standard InChI is InChI=1S/C15H23N3O/c1-3-16-15(18-9-8-14(19)11-18)17-10-13-6-4-12(2)5-7-13/h4-7,14,19H,3,8-11H2,1-2H3,(H,16,17)/t14-/m1/s1. The van der Waals surface area contributed by atoms with Gasteiger partial charge in [-0.05, 0) is 25.8 Å². The third-order valence-corrected chi connectivity index (χ3v) is 3.33. The van der Waals surface area contributed by atoms with Crippen molar-refractivity contribution < 1.29 is 5.11 Å². The molecule has 0 radical (unpaired) electrons. The summed E-state index contributed by atoms with van der Waals surface area (Å²) in [7, 11) is 0. The molecule has 0 unspecified atom stereocenters. The van der Waals surface area contributed by atoms with Crippen molar-refractivity contribution in [1.29, 1.82) is 0 Å². The van der Waals surface area contributed by atoms with Crippen LogP contribution in [0.15, 0.2) is 29.3 Å². The van der Waals surface area contributed by atoms with E-state index in [1.807, 2.05) is 0 Å². The zero-order valence-electron chi connectivity index (χ0n) is 11.8. The number of hydrogen-bond donors (Lipinski definition) is 2. The molecule has 19 heavy (non-hydrogen) atoms. The van der Waals surface area contributed by atoms with Crippen LogP contribution in [0, 0.1) is 6.92 Å². The summed E-state index contributed by atoms with van der Waals surface area (Å²) in [6, 6.07) is 8.44. The molecule has 1 atom stereocenters. The Balaban J connectivity index is 2.01. The Hall–Kier alpha value is -1.55. The number of hydrogen-bond acceptors (Lipinski definition) is 2. The predicted molar refractivity (Wildman–Crippen MR) is 78.2 cm³/mol. The molecule has 4 heteroatoms. The zero-order chi connectivity index (χ0) is 13.7. The fraction of sp³-hybridized carbons (Fsp3) is 0.533. The Kier molecular flexibility index (Phi) is 4.80. The maximum absolute atomic E-state index is 9.61. The summed E-state index contributed by atoms with van der Waals surface area (Å²) in [6.45, 7) is 7.23. The van der Waals surface area contributed by atoms with Crippen LogP contribution in [0.1, 0.15) is 24.5 Å². The lowest BCUT2D eigenvalue weighted by Crippen LogP contribution is -2.40. The van der Waals surface area contributed by atoms with Crippen LogP contribution >= 0.6 is 0 Å². The molecule has 0 aromatic heterocycles. The largest absolute Gasteiger partial charge is 0.391 e. The van der Waals surface area contributed by atoms with Gasteiger partial charge in [0.05, 0.1) is 12.6 Å². The highest BCUT2D eigenvalue weighted by Crippen LogP contribution is 2.10. The second-order valence-electron chi connectivity index (χ2n) is 5.04. The number of β-amino-alcohol motifs (C(OH)–C–C–N with tert-alkyl or cyclic N) is 1. The number of nitrogens with zero attached hydrogens (tertiary/aromatic N) is 2. The second kappa shape index (κ2) is 6.57. The van der Waals surface area contributed by atoms with Gasteiger partial charge in [-0.1, -0.05) is 29.8 Å². The molecule has 0 aliphatic carbocycles. The van der Waals surface area contributed by atoms with Crippen molar-refractivity contribution in [3.63, 3.8) is 0 Å². The molecule has 1 saturated heterocycles. The average molecular weight is 261 g/mol. The van der Waals surface area contributed by atoms with E-state index in [1.54, 1.807) is 0 Å². The minimum absolute atomic E-state index is 0.219. The summed E-state index contributed by atoms with van der Waals surface area (Å²) in [5.74, 6) is 0.902. The van der Waals surface area contributed by atoms with Crippen LogP contribution in [0.25, 0.3) is 0 Å². The quantitative estimate of drug-likeness (QED) is 0.641. The third-order valence-electron chi connectivity index (χ3n) is 3.33. The van der Waals surface area contributed by atoms with Crippen molar-refractivity contribution >= 4 is 5.96 Å². The first-order valence-corrected chi connectivity index (χ1v) is 6.96. The molecule has 1 aliphatic heterocycles. The van der Waals surface area contributed by atoms with E-state index < -0.39 is 0 Å². The number of aliphatic hydroxyl groups excluding tert-OH is 1. The second-order valence-corrected chi connectivity index (χ2v) is 5.04. The van der Waals surface area contributed by atoms with E-state index in [1.165, 1.54) is 11.1 Å². The van der Waals surface area contributed by atoms with E-state index in [-0.39, 0.29) is 6.10 Å². The molecule has 2 rings (SSSR count). The lowest BCUT2D eigenvalue weighted by Gasteiger charge is -2.20. The number of benzene rings is 1. The number of aliphatic hydroxyl groups is 1. The summed E-state index contributed by atoms with van der Waals surface area (Å²) >= 11 is 0. The molecule has 1 heterocycles. The van der Waals surface area contributed by atoms with E-state index in [4.69, 9.17) is 0 Å². The SMILES string of the molecule is CCNC(=NCc1ccc(C)cc1)N1CC[C@@H](O)C1. The highest BCUT2D eigenvalue weighted by molar-refractivity contribution is 5.80. The lowest BCUT2D eigenvalue weighted by molar-refractivity contribution is 0.188. The number of nitrogens with one attached hydrogen (secondary N) is 1. The van der Waals surface area contributed by atoms with Crippen LogP contribution in [-0.4, -0.2) is 41.7 Å². The van der Waals surface area contributed by atoms with Gasteiger partial charge in [-0.3, -0.25) is 0 Å². The van der Waals surface area contributed by atoms with E-state index in [0.717, 1.165) is 25.5 Å². The van der Waals surface area contributed by atoms with E-state index in [9.17, 15) is 5.11 Å². The Morgan fingerprint density at radius 2 is 2.16 bits per heavy atom. The molecule has 0 saturated carbocycles. The Labute approximate surface area is 115 Å². The van der Waals surface area contributed by atoms with Gasteiger partial charge in [0, 0.05) is 19.6 Å². The first kappa shape index (κ1) is 13.9. The van der Waals surface area contributed by atoms with E-state index >= 15 is 0 Å². The summed E-state index contributed by atoms with van der Waals surface area (Å²) in [5.41, 5.74) is 2.48. The van der Waals surface area contributed by atoms with Gasteiger partial charge in [-0.25, -0.2) is 4.99 Å². The van der Waals surface area contributed by atoms with Crippen LogP contribution in [0.3, 0.4) is 0 Å². The number of rotatable bonds is 3. The predicted octanol–water partition coefficient (Wildman–Crippen LogP) is 1.53. The van der Waals surface area contributed by atoms with E-state index in [2.05, 4.69) is 53.3 Å². The first-order valence-electron chi connectivity index (χ1n) is 6.96. The topological polar surface area (TPSA) is 47.9 Å². The highest BCUT2D eigenvalue weighted by atomic mass is 16.3. The van der Waals surface area contributed by atoms with Gasteiger partial charge in [-0.2, -0.15) is 0 Å². The molecule has 0 amide bonds. The Morgan fingerprint density at radius 3 is 2.74 bits per heavy atom. The molecule has 1 fully saturated rings. The molecule has 1 aromatic rings. The van der Waals surface area contributed by atoms with Gasteiger partial charge in [0.25, 0.3) is 0 Å². The van der Waals surface area contributed by atoms with Crippen LogP contribution in [-0.2, 0) is 6.54 Å². The normalized spacial score (nSPS) is 19.8. The number of likely N-dealkylation sites (tertiary alicyclic amines) is 1. The minimum atomic E-state index is -0.219. The van der Waals surface area contributed by atoms with Crippen LogP contribution in [0.2, 0.25) is 0 Å². The van der Waals surface area contributed by atoms with Crippen molar-refractivity contribution in [2.24, 2.45) is 4.99 Å². The fourth-order valence-electron chi connectivity index (χ4n) is 2.22. The van der Waals surface area contributed by atoms with Gasteiger partial charge in [-0.15, -0.1) is 0 Å². The van der Waals surface area contributed by atoms with Crippen molar-refractivity contribution in [2.45, 2.75) is 32.9 Å². The van der Waals surface area contributed by atoms with Gasteiger partial charge in [0.1, 0.15) is 0 Å². The average Bonchev–Trinajstić information content (AvgIpc) is 2.83. The molecule has 0 spiro atoms. The summed E-state index contributed by atoms with van der Waals surface area (Å²) in [4.78, 5) is 6.78. The summed E-state index contributed by atoms with van der Waals surface area (Å²) < 4.78 is 0. The van der Waals surface area contributed by atoms with Gasteiger partial charge < -0.3 is 15.3 Å². The van der Waals surface area contributed by atoms with Crippen molar-refractivity contribution in [3.8, 4) is 0 Å². The first-order chi connectivity index (χ1) is 9.19. The molecule has 4 nitrogen and oxygen atoms in total. The lowest BCUT2D eigenvalue weighted by atomic mass is 10.1. The zero-order valence-corrected chi connectivity index (χ0v) is 11.8. The highest BCUT2D eigenvalue weighted by Gasteiger charge is 2.22. The minimum Gasteiger partial charge on any atom is -0.391 e. The fourth-order valence-corrected chi connectivity index (χ4v) is 2.22. The maximum atomic E-state index is 9.61. The van der Waals surface area contributed by atoms with Crippen molar-refractivity contribution in [3.05, 3.63) is 35.4 Å². The van der Waals surface area contributed by atoms with Crippen LogP contribution in [0.4, 0.5) is 0 Å². The molecule has 104 valence electrons. The molecular weight excluding hydrogens is 238 g/mol. The molecule has 0 bridgehead atoms. The van der Waals surface area contributed by atoms with E-state index in [0.29, 0.717) is 13.1 Å². The number of guanidine groups is 1. The van der Waals surface area contributed by atoms with Crippen molar-refractivity contribution in [2.75, 3.05) is 19.6 Å². The maximum Gasteiger partial charge on any atom is 0.194 e. The van der Waals surface area contributed by atoms with Gasteiger partial charge in [0.15, 0.2) is 5.96 Å². The van der Waals surface area contributed by atoms with Gasteiger partial charge >= 0.3 is 0 Å². The molecule has 1 aromatic carbocycles. The molecule has 2 N–H and O–H groups in total. The molecular formula is C15H23N3O. The number of aliphatic imine (C=N–C) groups is 1. The number of aryl methyl sites for hydroxylation is 1. The third kappa shape index (κ3) is 3.96. The summed E-state index contributed by atoms with van der Waals surface area (Å²) in [6.07, 6.45) is 0.609. The Morgan fingerprint density at radius 1 is 1.42 bits per heavy atom. The van der Waals surface area contributed by atoms with Crippen molar-refractivity contribution in [1.82, 2.24) is 10.2 Å². The van der Waals surface area contributed by atoms with Crippen LogP contribution in [0.5, 0.6) is 0 Å². The van der Waals surface area contributed by atoms with Gasteiger partial charge in [0.2, 0.25) is 0 Å². The summed E-state index contributed by atoms with van der Waals surface area (Å²) in [5, 5.41) is 12.9. The van der Waals surface area contributed by atoms with Crippen LogP contribution < -0.4 is 5.32 Å². The molecule has 1 aliphatic rings. The Bertz CT molecular complexity index is 428. The smallest absolute Gasteiger partial charge is 0.194 e.